The summed E-state index contributed by atoms with van der Waals surface area (Å²) in [6, 6.07) is 23.5. The number of carbonyl (C=O) groups is 1. The monoisotopic (exact) mass is 518 g/mol. The van der Waals surface area contributed by atoms with Gasteiger partial charge in [0.05, 0.1) is 11.4 Å². The van der Waals surface area contributed by atoms with Gasteiger partial charge in [-0.05, 0) is 60.7 Å². The number of hydrogen-bond acceptors (Lipinski definition) is 4. The number of anilines is 1. The molecule has 0 fully saturated rings. The van der Waals surface area contributed by atoms with Gasteiger partial charge in [-0.15, -0.1) is 11.8 Å². The van der Waals surface area contributed by atoms with E-state index in [-0.39, 0.29) is 23.9 Å². The highest BCUT2D eigenvalue weighted by molar-refractivity contribution is 9.10. The molecular formula is C23H23BrN2O3S2. The lowest BCUT2D eigenvalue weighted by atomic mass is 10.1. The van der Waals surface area contributed by atoms with E-state index in [1.165, 1.54) is 16.4 Å². The van der Waals surface area contributed by atoms with Crippen LogP contribution in [0.25, 0.3) is 0 Å². The van der Waals surface area contributed by atoms with E-state index >= 15 is 0 Å². The van der Waals surface area contributed by atoms with Gasteiger partial charge >= 0.3 is 0 Å². The zero-order chi connectivity index (χ0) is 22.3. The van der Waals surface area contributed by atoms with Gasteiger partial charge in [0, 0.05) is 21.6 Å². The molecule has 31 heavy (non-hydrogen) atoms. The van der Waals surface area contributed by atoms with E-state index in [0.717, 1.165) is 14.9 Å². The predicted molar refractivity (Wildman–Crippen MR) is 130 cm³/mol. The largest absolute Gasteiger partial charge is 0.325 e. The lowest BCUT2D eigenvalue weighted by molar-refractivity contribution is -0.116. The number of hydrogen-bond donors (Lipinski definition) is 1. The molecule has 1 N–H and O–H groups in total. The van der Waals surface area contributed by atoms with Gasteiger partial charge in [0.2, 0.25) is 15.9 Å². The van der Waals surface area contributed by atoms with Crippen LogP contribution < -0.4 is 5.32 Å². The first-order valence-electron chi connectivity index (χ1n) is 9.62. The summed E-state index contributed by atoms with van der Waals surface area (Å²) >= 11 is 4.90. The minimum atomic E-state index is -3.84. The fraction of sp³-hybridized carbons (Fsp3) is 0.174. The first-order chi connectivity index (χ1) is 14.9. The van der Waals surface area contributed by atoms with Gasteiger partial charge in [0.25, 0.3) is 0 Å². The Morgan fingerprint density at radius 3 is 2.39 bits per heavy atom. The molecule has 3 aromatic rings. The van der Waals surface area contributed by atoms with E-state index < -0.39 is 10.0 Å². The molecule has 0 unspecified atom stereocenters. The molecule has 5 nitrogen and oxygen atoms in total. The number of carbonyl (C=O) groups excluding carboxylic acids is 1. The lowest BCUT2D eigenvalue weighted by Gasteiger charge is -2.22. The van der Waals surface area contributed by atoms with Crippen LogP contribution in [-0.2, 0) is 21.2 Å². The van der Waals surface area contributed by atoms with Gasteiger partial charge in [-0.1, -0.05) is 52.3 Å². The third kappa shape index (κ3) is 6.67. The topological polar surface area (TPSA) is 66.5 Å². The van der Waals surface area contributed by atoms with Crippen molar-refractivity contribution in [1.82, 2.24) is 4.31 Å². The highest BCUT2D eigenvalue weighted by Gasteiger charge is 2.26. The van der Waals surface area contributed by atoms with Crippen molar-refractivity contribution in [3.8, 4) is 0 Å². The van der Waals surface area contributed by atoms with Crippen LogP contribution in [0.3, 0.4) is 0 Å². The van der Waals surface area contributed by atoms with Gasteiger partial charge in [-0.2, -0.15) is 4.31 Å². The minimum Gasteiger partial charge on any atom is -0.325 e. The number of thioether (sulfide) groups is 1. The number of benzene rings is 3. The molecule has 0 aliphatic rings. The molecule has 0 bridgehead atoms. The van der Waals surface area contributed by atoms with Crippen LogP contribution in [0, 0.1) is 0 Å². The second kappa shape index (κ2) is 10.9. The lowest BCUT2D eigenvalue weighted by Crippen LogP contribution is -2.39. The Hall–Kier alpha value is -2.13. The summed E-state index contributed by atoms with van der Waals surface area (Å²) in [5.74, 6) is -0.382. The second-order valence-corrected chi connectivity index (χ2v) is 10.5. The Labute approximate surface area is 196 Å². The normalized spacial score (nSPS) is 11.5. The van der Waals surface area contributed by atoms with E-state index in [1.54, 1.807) is 30.0 Å². The van der Waals surface area contributed by atoms with Crippen LogP contribution in [0.1, 0.15) is 5.56 Å². The summed E-state index contributed by atoms with van der Waals surface area (Å²) in [4.78, 5) is 13.9. The number of nitrogens with zero attached hydrogens (tertiary/aromatic N) is 1. The molecule has 1 amide bonds. The number of sulfonamides is 1. The van der Waals surface area contributed by atoms with Gasteiger partial charge in [-0.3, -0.25) is 4.79 Å². The van der Waals surface area contributed by atoms with Gasteiger partial charge in [0.1, 0.15) is 0 Å². The summed E-state index contributed by atoms with van der Waals surface area (Å²) in [5, 5.41) is 2.81. The van der Waals surface area contributed by atoms with E-state index in [9.17, 15) is 13.2 Å². The van der Waals surface area contributed by atoms with Crippen LogP contribution in [0.5, 0.6) is 0 Å². The third-order valence-corrected chi connectivity index (χ3v) is 7.73. The maximum absolute atomic E-state index is 13.3. The predicted octanol–water partition coefficient (Wildman–Crippen LogP) is 5.04. The van der Waals surface area contributed by atoms with Crippen LogP contribution in [0.4, 0.5) is 5.69 Å². The zero-order valence-electron chi connectivity index (χ0n) is 17.0. The quantitative estimate of drug-likeness (QED) is 0.402. The summed E-state index contributed by atoms with van der Waals surface area (Å²) < 4.78 is 28.6. The van der Waals surface area contributed by atoms with Crippen molar-refractivity contribution in [2.24, 2.45) is 0 Å². The van der Waals surface area contributed by atoms with E-state index in [4.69, 9.17) is 0 Å². The molecule has 3 rings (SSSR count). The zero-order valence-corrected chi connectivity index (χ0v) is 20.2. The Balaban J connectivity index is 1.80. The van der Waals surface area contributed by atoms with Crippen molar-refractivity contribution in [3.63, 3.8) is 0 Å². The third-order valence-electron chi connectivity index (χ3n) is 4.62. The number of rotatable bonds is 9. The van der Waals surface area contributed by atoms with Crippen molar-refractivity contribution in [3.05, 3.63) is 88.9 Å². The van der Waals surface area contributed by atoms with Crippen molar-refractivity contribution >= 4 is 49.3 Å². The second-order valence-electron chi connectivity index (χ2n) is 6.81. The fourth-order valence-electron chi connectivity index (χ4n) is 3.00. The fourth-order valence-corrected chi connectivity index (χ4v) is 5.12. The molecule has 0 aliphatic carbocycles. The molecule has 0 aromatic heterocycles. The summed E-state index contributed by atoms with van der Waals surface area (Å²) in [6.07, 6.45) is 2.46. The van der Waals surface area contributed by atoms with Crippen LogP contribution in [0.15, 0.2) is 93.1 Å². The SMILES string of the molecule is CSc1cccc(NC(=O)CN(CCc2ccccc2)S(=O)(=O)c2ccc(Br)cc2)c1. The maximum Gasteiger partial charge on any atom is 0.243 e. The number of halogens is 1. The first-order valence-corrected chi connectivity index (χ1v) is 13.1. The molecular weight excluding hydrogens is 496 g/mol. The van der Waals surface area contributed by atoms with Crippen molar-refractivity contribution in [2.75, 3.05) is 24.7 Å². The highest BCUT2D eigenvalue weighted by atomic mass is 79.9. The number of amides is 1. The first kappa shape index (κ1) is 23.5. The Kier molecular flexibility index (Phi) is 8.31. The minimum absolute atomic E-state index is 0.154. The number of nitrogens with one attached hydrogen (secondary N) is 1. The Morgan fingerprint density at radius 1 is 1.00 bits per heavy atom. The smallest absolute Gasteiger partial charge is 0.243 e. The Morgan fingerprint density at radius 2 is 1.71 bits per heavy atom. The van der Waals surface area contributed by atoms with Crippen LogP contribution >= 0.6 is 27.7 Å². The molecule has 0 saturated carbocycles. The molecule has 8 heteroatoms. The molecule has 0 spiro atoms. The molecule has 0 radical (unpaired) electrons. The van der Waals surface area contributed by atoms with Crippen molar-refractivity contribution < 1.29 is 13.2 Å². The molecule has 0 aliphatic heterocycles. The van der Waals surface area contributed by atoms with E-state index in [0.29, 0.717) is 12.1 Å². The molecule has 0 atom stereocenters. The van der Waals surface area contributed by atoms with E-state index in [2.05, 4.69) is 21.2 Å². The van der Waals surface area contributed by atoms with Gasteiger partial charge in [-0.25, -0.2) is 8.42 Å². The molecule has 0 saturated heterocycles. The van der Waals surface area contributed by atoms with Gasteiger partial charge in [0.15, 0.2) is 0 Å². The molecule has 3 aromatic carbocycles. The standard InChI is InChI=1S/C23H23BrN2O3S2/c1-30-21-9-5-8-20(16-21)25-23(27)17-26(15-14-18-6-3-2-4-7-18)31(28,29)22-12-10-19(24)11-13-22/h2-13,16H,14-15,17H2,1H3,(H,25,27). The highest BCUT2D eigenvalue weighted by Crippen LogP contribution is 2.21. The van der Waals surface area contributed by atoms with Crippen LogP contribution in [-0.4, -0.2) is 38.0 Å². The molecule has 0 heterocycles. The van der Waals surface area contributed by atoms with Crippen LogP contribution in [0.2, 0.25) is 0 Å². The summed E-state index contributed by atoms with van der Waals surface area (Å²) in [7, 11) is -3.84. The van der Waals surface area contributed by atoms with Gasteiger partial charge < -0.3 is 5.32 Å². The molecule has 162 valence electrons. The summed E-state index contributed by atoms with van der Waals surface area (Å²) in [5.41, 5.74) is 1.65. The van der Waals surface area contributed by atoms with Crippen molar-refractivity contribution in [2.45, 2.75) is 16.2 Å². The van der Waals surface area contributed by atoms with Crippen molar-refractivity contribution in [1.29, 1.82) is 0 Å². The maximum atomic E-state index is 13.3. The van der Waals surface area contributed by atoms with E-state index in [1.807, 2.05) is 54.8 Å². The Bertz CT molecular complexity index is 1120. The average Bonchev–Trinajstić information content (AvgIpc) is 2.77. The average molecular weight is 519 g/mol. The summed E-state index contributed by atoms with van der Waals surface area (Å²) in [6.45, 7) is -0.0740.